The first-order valence-electron chi connectivity index (χ1n) is 13.6. The number of nitrogens with one attached hydrogen (secondary N) is 1. The van der Waals surface area contributed by atoms with Gasteiger partial charge in [-0.1, -0.05) is 30.3 Å². The Balaban J connectivity index is 1.29. The number of piperidine rings is 1. The van der Waals surface area contributed by atoms with Crippen molar-refractivity contribution in [3.8, 4) is 11.8 Å². The molecule has 1 aliphatic heterocycles. The molecule has 2 atom stereocenters. The molecular weight excluding hydrogens is 551 g/mol. The highest BCUT2D eigenvalue weighted by atomic mass is 32.2. The van der Waals surface area contributed by atoms with Gasteiger partial charge in [-0.25, -0.2) is 9.97 Å². The average Bonchev–Trinajstić information content (AvgIpc) is 3.34. The summed E-state index contributed by atoms with van der Waals surface area (Å²) in [5, 5.41) is 13.8. The van der Waals surface area contributed by atoms with Gasteiger partial charge in [-0.15, -0.1) is 0 Å². The van der Waals surface area contributed by atoms with E-state index in [2.05, 4.69) is 45.4 Å². The number of benzene rings is 1. The number of aromatic nitrogens is 3. The molecule has 216 valence electrons. The van der Waals surface area contributed by atoms with Crippen molar-refractivity contribution in [3.05, 3.63) is 59.5 Å². The normalized spacial score (nSPS) is 19.2. The zero-order chi connectivity index (χ0) is 29.2. The highest BCUT2D eigenvalue weighted by Gasteiger charge is 2.45. The maximum atomic E-state index is 13.4. The quantitative estimate of drug-likeness (QED) is 0.346. The van der Waals surface area contributed by atoms with Gasteiger partial charge < -0.3 is 20.7 Å². The number of nitriles is 1. The second-order valence-corrected chi connectivity index (χ2v) is 11.6. The summed E-state index contributed by atoms with van der Waals surface area (Å²) < 4.78 is 45.6. The number of halogens is 3. The van der Waals surface area contributed by atoms with Gasteiger partial charge in [0.1, 0.15) is 16.8 Å². The van der Waals surface area contributed by atoms with Gasteiger partial charge in [-0.3, -0.25) is 4.98 Å². The van der Waals surface area contributed by atoms with Crippen LogP contribution in [0.15, 0.2) is 52.5 Å². The van der Waals surface area contributed by atoms with Gasteiger partial charge in [-0.2, -0.15) is 18.4 Å². The molecule has 41 heavy (non-hydrogen) atoms. The number of methoxy groups -OCH3 is 1. The standard InChI is InChI=1S/C29H32F3N7OS/c1-18(19-7-9-20(40-2)10-8-19)36-23-6-3-11-28(23)12-15-39(16-13-28)26-21(17-33)37-27(25(34)38-26)41-22-5-4-14-35-24(22)29(30,31)32/h4-5,7-10,14,18,23,36H,3,6,11-13,15-16H2,1-2H3,(H2,34,38)/t18-,23-/m1/s1. The second-order valence-electron chi connectivity index (χ2n) is 10.6. The van der Waals surface area contributed by atoms with Crippen molar-refractivity contribution in [2.24, 2.45) is 5.41 Å². The third kappa shape index (κ3) is 6.06. The first-order valence-corrected chi connectivity index (χ1v) is 14.4. The Kier molecular flexibility index (Phi) is 8.29. The summed E-state index contributed by atoms with van der Waals surface area (Å²) in [6.45, 7) is 3.56. The van der Waals surface area contributed by atoms with Crippen LogP contribution in [0.2, 0.25) is 0 Å². The Bertz CT molecular complexity index is 1420. The van der Waals surface area contributed by atoms with Crippen LogP contribution in [0.5, 0.6) is 5.75 Å². The van der Waals surface area contributed by atoms with Crippen LogP contribution in [0.1, 0.15) is 62.0 Å². The molecule has 0 unspecified atom stereocenters. The molecule has 1 aromatic carbocycles. The minimum atomic E-state index is -4.63. The Hall–Kier alpha value is -3.56. The minimum absolute atomic E-state index is 0.0185. The van der Waals surface area contributed by atoms with E-state index in [0.29, 0.717) is 36.7 Å². The van der Waals surface area contributed by atoms with Crippen LogP contribution in [0.25, 0.3) is 0 Å². The van der Waals surface area contributed by atoms with Crippen molar-refractivity contribution in [1.29, 1.82) is 5.26 Å². The molecule has 1 spiro atoms. The van der Waals surface area contributed by atoms with Gasteiger partial charge in [-0.05, 0) is 67.9 Å². The molecular formula is C29H32F3N7OS. The fourth-order valence-corrected chi connectivity index (χ4v) is 6.94. The molecule has 12 heteroatoms. The van der Waals surface area contributed by atoms with Crippen LogP contribution >= 0.6 is 11.8 Å². The third-order valence-electron chi connectivity index (χ3n) is 8.25. The highest BCUT2D eigenvalue weighted by Crippen LogP contribution is 2.48. The van der Waals surface area contributed by atoms with E-state index in [9.17, 15) is 18.4 Å². The predicted molar refractivity (Wildman–Crippen MR) is 151 cm³/mol. The number of nitrogen functional groups attached to an aromatic ring is 1. The van der Waals surface area contributed by atoms with E-state index in [1.165, 1.54) is 17.7 Å². The Morgan fingerprint density at radius 2 is 1.90 bits per heavy atom. The summed E-state index contributed by atoms with van der Waals surface area (Å²) in [4.78, 5) is 14.1. The number of hydrogen-bond acceptors (Lipinski definition) is 9. The predicted octanol–water partition coefficient (Wildman–Crippen LogP) is 5.99. The third-order valence-corrected chi connectivity index (χ3v) is 9.30. The number of nitrogens with two attached hydrogens (primary N) is 1. The number of rotatable bonds is 7. The molecule has 3 N–H and O–H groups in total. The number of ether oxygens (including phenoxy) is 1. The summed E-state index contributed by atoms with van der Waals surface area (Å²) in [7, 11) is 1.66. The second kappa shape index (κ2) is 11.7. The smallest absolute Gasteiger partial charge is 0.434 e. The Morgan fingerprint density at radius 1 is 1.17 bits per heavy atom. The van der Waals surface area contributed by atoms with Gasteiger partial charge in [0.15, 0.2) is 23.0 Å². The van der Waals surface area contributed by atoms with Crippen molar-refractivity contribution in [2.75, 3.05) is 30.8 Å². The number of anilines is 2. The van der Waals surface area contributed by atoms with E-state index in [4.69, 9.17) is 10.5 Å². The van der Waals surface area contributed by atoms with Crippen molar-refractivity contribution in [2.45, 2.75) is 67.2 Å². The molecule has 3 aromatic rings. The summed E-state index contributed by atoms with van der Waals surface area (Å²) in [5.41, 5.74) is 6.54. The molecule has 0 bridgehead atoms. The molecule has 2 aromatic heterocycles. The lowest BCUT2D eigenvalue weighted by atomic mass is 9.73. The number of hydrogen-bond donors (Lipinski definition) is 2. The Morgan fingerprint density at radius 3 is 2.56 bits per heavy atom. The van der Waals surface area contributed by atoms with Gasteiger partial charge in [0.05, 0.1) is 7.11 Å². The maximum Gasteiger partial charge on any atom is 0.434 e. The van der Waals surface area contributed by atoms with Crippen LogP contribution in [0, 0.1) is 16.7 Å². The SMILES string of the molecule is COc1ccc([C@@H](C)N[C@@H]2CCCC23CCN(c2nc(N)c(Sc4cccnc4C(F)(F)F)nc2C#N)CC3)cc1. The van der Waals surface area contributed by atoms with E-state index in [0.717, 1.165) is 44.1 Å². The molecule has 2 aliphatic rings. The molecule has 5 rings (SSSR count). The van der Waals surface area contributed by atoms with E-state index < -0.39 is 11.9 Å². The molecule has 3 heterocycles. The maximum absolute atomic E-state index is 13.4. The average molecular weight is 584 g/mol. The molecule has 1 aliphatic carbocycles. The lowest BCUT2D eigenvalue weighted by molar-refractivity contribution is -0.143. The van der Waals surface area contributed by atoms with Crippen LogP contribution in [0.3, 0.4) is 0 Å². The van der Waals surface area contributed by atoms with Crippen molar-refractivity contribution in [1.82, 2.24) is 20.3 Å². The van der Waals surface area contributed by atoms with E-state index in [-0.39, 0.29) is 32.9 Å². The molecule has 0 amide bonds. The Labute approximate surface area is 241 Å². The van der Waals surface area contributed by atoms with E-state index in [1.807, 2.05) is 17.0 Å². The molecule has 1 saturated heterocycles. The molecule has 1 saturated carbocycles. The zero-order valence-corrected chi connectivity index (χ0v) is 23.7. The van der Waals surface area contributed by atoms with Gasteiger partial charge >= 0.3 is 6.18 Å². The van der Waals surface area contributed by atoms with Crippen LogP contribution in [0.4, 0.5) is 24.8 Å². The zero-order valence-electron chi connectivity index (χ0n) is 22.9. The molecule has 0 radical (unpaired) electrons. The summed E-state index contributed by atoms with van der Waals surface area (Å²) >= 11 is 0.708. The highest BCUT2D eigenvalue weighted by molar-refractivity contribution is 7.99. The fraction of sp³-hybridized carbons (Fsp3) is 0.448. The van der Waals surface area contributed by atoms with E-state index >= 15 is 0 Å². The summed E-state index contributed by atoms with van der Waals surface area (Å²) in [6.07, 6.45) is 1.70. The fourth-order valence-electron chi connectivity index (χ4n) is 6.04. The van der Waals surface area contributed by atoms with Crippen LogP contribution in [-0.2, 0) is 6.18 Å². The molecule has 8 nitrogen and oxygen atoms in total. The first-order chi connectivity index (χ1) is 19.6. The lowest BCUT2D eigenvalue weighted by Gasteiger charge is -2.44. The van der Waals surface area contributed by atoms with Gasteiger partial charge in [0.2, 0.25) is 0 Å². The van der Waals surface area contributed by atoms with Crippen molar-refractivity contribution < 1.29 is 17.9 Å². The van der Waals surface area contributed by atoms with Gasteiger partial charge in [0, 0.05) is 36.3 Å². The number of nitrogens with zero attached hydrogens (tertiary/aromatic N) is 5. The number of alkyl halides is 3. The van der Waals surface area contributed by atoms with E-state index in [1.54, 1.807) is 7.11 Å². The van der Waals surface area contributed by atoms with Crippen LogP contribution in [-0.4, -0.2) is 41.2 Å². The van der Waals surface area contributed by atoms with Gasteiger partial charge in [0.25, 0.3) is 0 Å². The van der Waals surface area contributed by atoms with Crippen molar-refractivity contribution >= 4 is 23.4 Å². The van der Waals surface area contributed by atoms with Crippen LogP contribution < -0.4 is 20.7 Å². The summed E-state index contributed by atoms with van der Waals surface area (Å²) in [6, 6.07) is 13.5. The molecule has 2 fully saturated rings. The largest absolute Gasteiger partial charge is 0.497 e. The minimum Gasteiger partial charge on any atom is -0.497 e. The monoisotopic (exact) mass is 583 g/mol. The van der Waals surface area contributed by atoms with Crippen molar-refractivity contribution in [3.63, 3.8) is 0 Å². The summed E-state index contributed by atoms with van der Waals surface area (Å²) in [5.74, 6) is 1.19. The lowest BCUT2D eigenvalue weighted by Crippen LogP contribution is -2.49. The number of pyridine rings is 1. The topological polar surface area (TPSA) is 113 Å². The first kappa shape index (κ1) is 29.0.